The zero-order chi connectivity index (χ0) is 10.3. The lowest BCUT2D eigenvalue weighted by Crippen LogP contribution is -2.34. The second-order valence-corrected chi connectivity index (χ2v) is 3.98. The van der Waals surface area contributed by atoms with Crippen LogP contribution in [0.5, 0.6) is 5.75 Å². The van der Waals surface area contributed by atoms with Crippen LogP contribution in [0.15, 0.2) is 16.6 Å². The summed E-state index contributed by atoms with van der Waals surface area (Å²) in [6, 6.07) is 3.41. The summed E-state index contributed by atoms with van der Waals surface area (Å²) in [5.74, 6) is 0.473. The Morgan fingerprint density at radius 2 is 2.29 bits per heavy atom. The van der Waals surface area contributed by atoms with Gasteiger partial charge in [0.2, 0.25) is 0 Å². The number of anilines is 2. The third-order valence-electron chi connectivity index (χ3n) is 1.99. The Hall–Kier alpha value is -1.23. The van der Waals surface area contributed by atoms with Crippen LogP contribution in [0.25, 0.3) is 0 Å². The minimum Gasteiger partial charge on any atom is -0.478 e. The van der Waals surface area contributed by atoms with Crippen molar-refractivity contribution in [1.29, 1.82) is 0 Å². The van der Waals surface area contributed by atoms with E-state index in [0.29, 0.717) is 17.1 Å². The molecule has 0 saturated heterocycles. The number of amides is 1. The van der Waals surface area contributed by atoms with Gasteiger partial charge in [0.1, 0.15) is 0 Å². The first-order chi connectivity index (χ1) is 6.58. The summed E-state index contributed by atoms with van der Waals surface area (Å²) in [6.45, 7) is 1.70. The highest BCUT2D eigenvalue weighted by Crippen LogP contribution is 2.38. The molecule has 3 N–H and O–H groups in total. The van der Waals surface area contributed by atoms with Gasteiger partial charge in [-0.3, -0.25) is 4.79 Å². The smallest absolute Gasteiger partial charge is 0.265 e. The molecule has 1 amide bonds. The van der Waals surface area contributed by atoms with E-state index in [1.165, 1.54) is 0 Å². The van der Waals surface area contributed by atoms with Gasteiger partial charge in [0.25, 0.3) is 5.91 Å². The number of carbonyl (C=O) groups excluding carboxylic acids is 1. The zero-order valence-electron chi connectivity index (χ0n) is 7.50. The van der Waals surface area contributed by atoms with Crippen LogP contribution in [0.2, 0.25) is 0 Å². The van der Waals surface area contributed by atoms with Crippen LogP contribution in [0.4, 0.5) is 11.4 Å². The lowest BCUT2D eigenvalue weighted by molar-refractivity contribution is -0.122. The number of benzene rings is 1. The summed E-state index contributed by atoms with van der Waals surface area (Å²) >= 11 is 3.32. The molecule has 0 radical (unpaired) electrons. The van der Waals surface area contributed by atoms with Crippen LogP contribution in [0.3, 0.4) is 0 Å². The fourth-order valence-electron chi connectivity index (χ4n) is 1.29. The molecule has 1 unspecified atom stereocenters. The molecule has 14 heavy (non-hydrogen) atoms. The van der Waals surface area contributed by atoms with E-state index in [1.54, 1.807) is 19.1 Å². The van der Waals surface area contributed by atoms with Crippen LogP contribution in [-0.4, -0.2) is 12.0 Å². The molecular weight excluding hydrogens is 248 g/mol. The molecule has 0 aromatic heterocycles. The molecule has 5 heteroatoms. The monoisotopic (exact) mass is 256 g/mol. The number of nitrogens with one attached hydrogen (secondary N) is 1. The van der Waals surface area contributed by atoms with Gasteiger partial charge in [-0.15, -0.1) is 0 Å². The molecule has 0 spiro atoms. The van der Waals surface area contributed by atoms with Crippen molar-refractivity contribution >= 4 is 33.2 Å². The van der Waals surface area contributed by atoms with Crippen molar-refractivity contribution < 1.29 is 9.53 Å². The molecule has 0 aliphatic carbocycles. The summed E-state index contributed by atoms with van der Waals surface area (Å²) in [6.07, 6.45) is -0.470. The number of nitrogens with two attached hydrogens (primary N) is 1. The van der Waals surface area contributed by atoms with Crippen molar-refractivity contribution in [2.75, 3.05) is 11.1 Å². The number of nitrogen functional groups attached to an aromatic ring is 1. The Bertz CT molecular complexity index is 406. The Labute approximate surface area is 89.6 Å². The molecule has 0 fully saturated rings. The van der Waals surface area contributed by atoms with E-state index < -0.39 is 6.10 Å². The molecule has 1 aromatic rings. The number of rotatable bonds is 0. The largest absolute Gasteiger partial charge is 0.478 e. The maximum Gasteiger partial charge on any atom is 0.265 e. The first-order valence-electron chi connectivity index (χ1n) is 4.14. The van der Waals surface area contributed by atoms with Gasteiger partial charge in [0.05, 0.1) is 10.2 Å². The molecule has 4 nitrogen and oxygen atoms in total. The van der Waals surface area contributed by atoms with E-state index in [-0.39, 0.29) is 5.91 Å². The second kappa shape index (κ2) is 3.16. The van der Waals surface area contributed by atoms with Crippen LogP contribution < -0.4 is 15.8 Å². The average Bonchev–Trinajstić information content (AvgIpc) is 2.08. The van der Waals surface area contributed by atoms with E-state index in [1.807, 2.05) is 0 Å². The highest BCUT2D eigenvalue weighted by molar-refractivity contribution is 9.10. The third kappa shape index (κ3) is 1.43. The average molecular weight is 257 g/mol. The van der Waals surface area contributed by atoms with Gasteiger partial charge in [-0.2, -0.15) is 0 Å². The van der Waals surface area contributed by atoms with Crippen molar-refractivity contribution in [3.05, 3.63) is 16.6 Å². The number of hydrogen-bond donors (Lipinski definition) is 2. The first kappa shape index (κ1) is 9.33. The summed E-state index contributed by atoms with van der Waals surface area (Å²) in [5, 5.41) is 2.72. The predicted molar refractivity (Wildman–Crippen MR) is 57.3 cm³/mol. The van der Waals surface area contributed by atoms with Crippen LogP contribution in [-0.2, 0) is 4.79 Å². The molecule has 2 rings (SSSR count). The van der Waals surface area contributed by atoms with Crippen LogP contribution in [0, 0.1) is 0 Å². The molecule has 74 valence electrons. The van der Waals surface area contributed by atoms with Gasteiger partial charge in [0.15, 0.2) is 11.9 Å². The van der Waals surface area contributed by atoms with Gasteiger partial charge < -0.3 is 15.8 Å². The van der Waals surface area contributed by atoms with Crippen molar-refractivity contribution in [2.24, 2.45) is 0 Å². The standard InChI is InChI=1S/C9H9BrN2O2/c1-4-9(13)12-7-3-5(11)2-6(10)8(7)14-4/h2-4H,11H2,1H3,(H,12,13). The maximum atomic E-state index is 11.3. The molecule has 0 bridgehead atoms. The molecule has 1 heterocycles. The maximum absolute atomic E-state index is 11.3. The minimum absolute atomic E-state index is 0.157. The lowest BCUT2D eigenvalue weighted by atomic mass is 10.2. The third-order valence-corrected chi connectivity index (χ3v) is 2.58. The Morgan fingerprint density at radius 1 is 1.57 bits per heavy atom. The molecule has 1 aliphatic heterocycles. The quantitative estimate of drug-likeness (QED) is 0.696. The molecule has 0 saturated carbocycles. The number of carbonyl (C=O) groups is 1. The summed E-state index contributed by atoms with van der Waals surface area (Å²) in [5.41, 5.74) is 6.81. The number of ether oxygens (including phenoxy) is 1. The van der Waals surface area contributed by atoms with Gasteiger partial charge >= 0.3 is 0 Å². The van der Waals surface area contributed by atoms with E-state index in [2.05, 4.69) is 21.2 Å². The number of halogens is 1. The number of fused-ring (bicyclic) bond motifs is 1. The Morgan fingerprint density at radius 3 is 3.00 bits per heavy atom. The van der Waals surface area contributed by atoms with Crippen molar-refractivity contribution in [3.8, 4) is 5.75 Å². The van der Waals surface area contributed by atoms with Crippen molar-refractivity contribution in [3.63, 3.8) is 0 Å². The zero-order valence-corrected chi connectivity index (χ0v) is 9.09. The van der Waals surface area contributed by atoms with Gasteiger partial charge in [0, 0.05) is 5.69 Å². The minimum atomic E-state index is -0.470. The van der Waals surface area contributed by atoms with E-state index in [0.717, 1.165) is 4.47 Å². The highest BCUT2D eigenvalue weighted by atomic mass is 79.9. The normalized spacial score (nSPS) is 19.6. The van der Waals surface area contributed by atoms with Crippen molar-refractivity contribution in [2.45, 2.75) is 13.0 Å². The van der Waals surface area contributed by atoms with Gasteiger partial charge in [-0.1, -0.05) is 0 Å². The highest BCUT2D eigenvalue weighted by Gasteiger charge is 2.25. The molecule has 1 atom stereocenters. The van der Waals surface area contributed by atoms with Gasteiger partial charge in [-0.25, -0.2) is 0 Å². The molecule has 1 aliphatic rings. The summed E-state index contributed by atoms with van der Waals surface area (Å²) in [7, 11) is 0. The Balaban J connectivity index is 2.51. The molecule has 1 aromatic carbocycles. The molecular formula is C9H9BrN2O2. The SMILES string of the molecule is CC1Oc2c(Br)cc(N)cc2NC1=O. The topological polar surface area (TPSA) is 64.3 Å². The fraction of sp³-hybridized carbons (Fsp3) is 0.222. The van der Waals surface area contributed by atoms with E-state index in [9.17, 15) is 4.79 Å². The summed E-state index contributed by atoms with van der Waals surface area (Å²) in [4.78, 5) is 11.3. The first-order valence-corrected chi connectivity index (χ1v) is 4.94. The van der Waals surface area contributed by atoms with E-state index in [4.69, 9.17) is 10.5 Å². The van der Waals surface area contributed by atoms with Crippen molar-refractivity contribution in [1.82, 2.24) is 0 Å². The second-order valence-electron chi connectivity index (χ2n) is 3.13. The van der Waals surface area contributed by atoms with Crippen LogP contribution >= 0.6 is 15.9 Å². The van der Waals surface area contributed by atoms with Gasteiger partial charge in [-0.05, 0) is 35.0 Å². The Kier molecular flexibility index (Phi) is 2.11. The predicted octanol–water partition coefficient (Wildman–Crippen LogP) is 1.75. The summed E-state index contributed by atoms with van der Waals surface area (Å²) < 4.78 is 6.16. The van der Waals surface area contributed by atoms with E-state index >= 15 is 0 Å². The lowest BCUT2D eigenvalue weighted by Gasteiger charge is -2.24. The van der Waals surface area contributed by atoms with Crippen LogP contribution in [0.1, 0.15) is 6.92 Å². The fourth-order valence-corrected chi connectivity index (χ4v) is 1.86. The number of hydrogen-bond acceptors (Lipinski definition) is 3.